The van der Waals surface area contributed by atoms with Gasteiger partial charge in [-0.05, 0) is 24.6 Å². The SMILES string of the molecule is CCC=NC(COC)Cc1ccccc1. The van der Waals surface area contributed by atoms with Crippen molar-refractivity contribution >= 4 is 6.21 Å². The predicted molar refractivity (Wildman–Crippen MR) is 64.6 cm³/mol. The Morgan fingerprint density at radius 1 is 1.33 bits per heavy atom. The molecule has 1 unspecified atom stereocenters. The Balaban J connectivity index is 2.54. The lowest BCUT2D eigenvalue weighted by Gasteiger charge is -2.11. The van der Waals surface area contributed by atoms with Crippen molar-refractivity contribution in [1.29, 1.82) is 0 Å². The molecule has 2 heteroatoms. The van der Waals surface area contributed by atoms with Crippen LogP contribution in [0.1, 0.15) is 18.9 Å². The second-order valence-electron chi connectivity index (χ2n) is 3.54. The maximum atomic E-state index is 5.16. The molecule has 0 heterocycles. The number of nitrogens with zero attached hydrogens (tertiary/aromatic N) is 1. The second-order valence-corrected chi connectivity index (χ2v) is 3.54. The van der Waals surface area contributed by atoms with Crippen LogP contribution in [0.5, 0.6) is 0 Å². The van der Waals surface area contributed by atoms with Gasteiger partial charge in [-0.25, -0.2) is 0 Å². The van der Waals surface area contributed by atoms with Crippen LogP contribution in [-0.4, -0.2) is 26.0 Å². The molecule has 15 heavy (non-hydrogen) atoms. The first-order valence-electron chi connectivity index (χ1n) is 5.41. The van der Waals surface area contributed by atoms with Gasteiger partial charge in [0.2, 0.25) is 0 Å². The summed E-state index contributed by atoms with van der Waals surface area (Å²) in [5.41, 5.74) is 1.31. The fourth-order valence-electron chi connectivity index (χ4n) is 1.49. The zero-order chi connectivity index (χ0) is 10.9. The average molecular weight is 205 g/mol. The van der Waals surface area contributed by atoms with Crippen LogP contribution in [0.3, 0.4) is 0 Å². The molecule has 0 N–H and O–H groups in total. The quantitative estimate of drug-likeness (QED) is 0.654. The maximum Gasteiger partial charge on any atom is 0.0769 e. The molecule has 0 spiro atoms. The van der Waals surface area contributed by atoms with E-state index in [9.17, 15) is 0 Å². The number of ether oxygens (including phenoxy) is 1. The van der Waals surface area contributed by atoms with E-state index >= 15 is 0 Å². The Morgan fingerprint density at radius 3 is 2.67 bits per heavy atom. The predicted octanol–water partition coefficient (Wildman–Crippen LogP) is 2.72. The molecule has 0 fully saturated rings. The monoisotopic (exact) mass is 205 g/mol. The minimum absolute atomic E-state index is 0.248. The zero-order valence-electron chi connectivity index (χ0n) is 9.52. The van der Waals surface area contributed by atoms with Crippen molar-refractivity contribution in [3.63, 3.8) is 0 Å². The van der Waals surface area contributed by atoms with Crippen LogP contribution in [0.15, 0.2) is 35.3 Å². The van der Waals surface area contributed by atoms with Gasteiger partial charge in [-0.1, -0.05) is 37.3 Å². The van der Waals surface area contributed by atoms with E-state index in [0.717, 1.165) is 12.8 Å². The Morgan fingerprint density at radius 2 is 2.07 bits per heavy atom. The van der Waals surface area contributed by atoms with Crippen LogP contribution in [0.2, 0.25) is 0 Å². The molecule has 1 aromatic rings. The standard InChI is InChI=1S/C13H19NO/c1-3-9-14-13(11-15-2)10-12-7-5-4-6-8-12/h4-9,13H,3,10-11H2,1-2H3. The van der Waals surface area contributed by atoms with Crippen molar-refractivity contribution in [2.24, 2.45) is 4.99 Å². The van der Waals surface area contributed by atoms with Crippen molar-refractivity contribution in [1.82, 2.24) is 0 Å². The van der Waals surface area contributed by atoms with Crippen molar-refractivity contribution in [3.8, 4) is 0 Å². The van der Waals surface area contributed by atoms with Crippen LogP contribution < -0.4 is 0 Å². The Hall–Kier alpha value is -1.15. The third-order valence-electron chi connectivity index (χ3n) is 2.17. The fourth-order valence-corrected chi connectivity index (χ4v) is 1.49. The molecule has 2 nitrogen and oxygen atoms in total. The summed E-state index contributed by atoms with van der Waals surface area (Å²) in [5.74, 6) is 0. The van der Waals surface area contributed by atoms with Gasteiger partial charge >= 0.3 is 0 Å². The molecule has 0 amide bonds. The molecule has 1 aromatic carbocycles. The van der Waals surface area contributed by atoms with Crippen molar-refractivity contribution < 1.29 is 4.74 Å². The third-order valence-corrected chi connectivity index (χ3v) is 2.17. The fraction of sp³-hybridized carbons (Fsp3) is 0.462. The first-order chi connectivity index (χ1) is 7.36. The smallest absolute Gasteiger partial charge is 0.0769 e. The highest BCUT2D eigenvalue weighted by molar-refractivity contribution is 5.56. The molecular weight excluding hydrogens is 186 g/mol. The molecule has 82 valence electrons. The van der Waals surface area contributed by atoms with Crippen LogP contribution in [-0.2, 0) is 11.2 Å². The summed E-state index contributed by atoms with van der Waals surface area (Å²) in [5, 5.41) is 0. The van der Waals surface area contributed by atoms with E-state index in [1.807, 2.05) is 12.3 Å². The van der Waals surface area contributed by atoms with Gasteiger partial charge < -0.3 is 4.74 Å². The molecule has 0 aliphatic heterocycles. The lowest BCUT2D eigenvalue weighted by atomic mass is 10.1. The molecule has 1 rings (SSSR count). The highest BCUT2D eigenvalue weighted by Gasteiger charge is 2.05. The van der Waals surface area contributed by atoms with E-state index in [1.54, 1.807) is 7.11 Å². The molecular formula is C13H19NO. The van der Waals surface area contributed by atoms with E-state index in [4.69, 9.17) is 4.74 Å². The summed E-state index contributed by atoms with van der Waals surface area (Å²) < 4.78 is 5.16. The van der Waals surface area contributed by atoms with Gasteiger partial charge in [0.15, 0.2) is 0 Å². The van der Waals surface area contributed by atoms with E-state index in [-0.39, 0.29) is 6.04 Å². The van der Waals surface area contributed by atoms with Crippen LogP contribution in [0.25, 0.3) is 0 Å². The average Bonchev–Trinajstić information content (AvgIpc) is 2.28. The van der Waals surface area contributed by atoms with Crippen LogP contribution in [0, 0.1) is 0 Å². The molecule has 0 saturated carbocycles. The van der Waals surface area contributed by atoms with E-state index < -0.39 is 0 Å². The Bertz CT molecular complexity index is 282. The number of methoxy groups -OCH3 is 1. The summed E-state index contributed by atoms with van der Waals surface area (Å²) in [4.78, 5) is 4.48. The van der Waals surface area contributed by atoms with Crippen molar-refractivity contribution in [2.45, 2.75) is 25.8 Å². The largest absolute Gasteiger partial charge is 0.382 e. The number of hydrogen-bond acceptors (Lipinski definition) is 2. The van der Waals surface area contributed by atoms with Gasteiger partial charge in [-0.2, -0.15) is 0 Å². The van der Waals surface area contributed by atoms with Crippen molar-refractivity contribution in [2.75, 3.05) is 13.7 Å². The first kappa shape index (κ1) is 11.9. The molecule has 0 aliphatic rings. The lowest BCUT2D eigenvalue weighted by molar-refractivity contribution is 0.181. The lowest BCUT2D eigenvalue weighted by Crippen LogP contribution is -2.15. The van der Waals surface area contributed by atoms with Gasteiger partial charge in [-0.15, -0.1) is 0 Å². The summed E-state index contributed by atoms with van der Waals surface area (Å²) >= 11 is 0. The number of aliphatic imine (C=N–C) groups is 1. The van der Waals surface area contributed by atoms with Crippen LogP contribution >= 0.6 is 0 Å². The van der Waals surface area contributed by atoms with Gasteiger partial charge in [0.05, 0.1) is 12.6 Å². The first-order valence-corrected chi connectivity index (χ1v) is 5.41. The van der Waals surface area contributed by atoms with Gasteiger partial charge in [0.25, 0.3) is 0 Å². The van der Waals surface area contributed by atoms with Crippen LogP contribution in [0.4, 0.5) is 0 Å². The summed E-state index contributed by atoms with van der Waals surface area (Å²) in [7, 11) is 1.72. The Labute approximate surface area is 92.0 Å². The minimum atomic E-state index is 0.248. The van der Waals surface area contributed by atoms with E-state index in [2.05, 4.69) is 36.2 Å². The highest BCUT2D eigenvalue weighted by Crippen LogP contribution is 2.06. The summed E-state index contributed by atoms with van der Waals surface area (Å²) in [6.07, 6.45) is 3.90. The molecule has 0 bridgehead atoms. The van der Waals surface area contributed by atoms with E-state index in [0.29, 0.717) is 6.61 Å². The Kier molecular flexibility index (Phi) is 5.71. The zero-order valence-corrected chi connectivity index (χ0v) is 9.52. The van der Waals surface area contributed by atoms with Gasteiger partial charge in [-0.3, -0.25) is 4.99 Å². The number of hydrogen-bond donors (Lipinski definition) is 0. The topological polar surface area (TPSA) is 21.6 Å². The molecule has 1 atom stereocenters. The molecule has 0 aromatic heterocycles. The summed E-state index contributed by atoms with van der Waals surface area (Å²) in [6.45, 7) is 2.78. The van der Waals surface area contributed by atoms with Crippen molar-refractivity contribution in [3.05, 3.63) is 35.9 Å². The second kappa shape index (κ2) is 7.18. The molecule has 0 radical (unpaired) electrons. The van der Waals surface area contributed by atoms with Gasteiger partial charge in [0.1, 0.15) is 0 Å². The molecule has 0 saturated heterocycles. The summed E-state index contributed by atoms with van der Waals surface area (Å²) in [6, 6.07) is 10.7. The molecule has 0 aliphatic carbocycles. The van der Waals surface area contributed by atoms with Gasteiger partial charge in [0, 0.05) is 7.11 Å². The minimum Gasteiger partial charge on any atom is -0.382 e. The number of rotatable bonds is 6. The third kappa shape index (κ3) is 4.75. The highest BCUT2D eigenvalue weighted by atomic mass is 16.5. The maximum absolute atomic E-state index is 5.16. The normalized spacial score (nSPS) is 13.2. The number of benzene rings is 1. The van der Waals surface area contributed by atoms with E-state index in [1.165, 1.54) is 5.56 Å².